The number of hydrogen-bond acceptors (Lipinski definition) is 4. The highest BCUT2D eigenvalue weighted by molar-refractivity contribution is 7.80. The molecule has 1 aromatic heterocycles. The van der Waals surface area contributed by atoms with Gasteiger partial charge in [-0.1, -0.05) is 26.1 Å². The number of aryl methyl sites for hydroxylation is 1. The Hall–Kier alpha value is -1.23. The van der Waals surface area contributed by atoms with Crippen molar-refractivity contribution in [2.75, 3.05) is 11.9 Å². The van der Waals surface area contributed by atoms with E-state index in [1.807, 2.05) is 20.0 Å². The van der Waals surface area contributed by atoms with Gasteiger partial charge in [0.2, 0.25) is 0 Å². The van der Waals surface area contributed by atoms with Gasteiger partial charge in [0.25, 0.3) is 0 Å². The number of anilines is 1. The summed E-state index contributed by atoms with van der Waals surface area (Å²) in [6, 6.07) is 2.22. The Balaban J connectivity index is 2.97. The topological polar surface area (TPSA) is 55.0 Å². The van der Waals surface area contributed by atoms with Crippen molar-refractivity contribution in [1.29, 1.82) is 0 Å². The number of nitrogens with two attached hydrogens (primary N) is 1. The molecule has 2 N–H and O–H groups in total. The van der Waals surface area contributed by atoms with Gasteiger partial charge >= 0.3 is 0 Å². The lowest BCUT2D eigenvalue weighted by atomic mass is 10.2. The van der Waals surface area contributed by atoms with Gasteiger partial charge in [0.05, 0.1) is 4.99 Å². The normalized spacial score (nSPS) is 12.6. The maximum Gasteiger partial charge on any atom is 0.133 e. The van der Waals surface area contributed by atoms with Gasteiger partial charge in [-0.05, 0) is 13.8 Å². The maximum absolute atomic E-state index is 5.59. The molecule has 5 heteroatoms. The Labute approximate surface area is 115 Å². The van der Waals surface area contributed by atoms with Gasteiger partial charge in [-0.25, -0.2) is 9.97 Å². The zero-order valence-corrected chi connectivity index (χ0v) is 12.6. The minimum atomic E-state index is 0.233. The third kappa shape index (κ3) is 3.91. The van der Waals surface area contributed by atoms with E-state index in [1.165, 1.54) is 0 Å². The molecule has 0 radical (unpaired) electrons. The van der Waals surface area contributed by atoms with Crippen molar-refractivity contribution in [1.82, 2.24) is 9.97 Å². The van der Waals surface area contributed by atoms with Gasteiger partial charge in [-0.2, -0.15) is 0 Å². The first-order valence-corrected chi connectivity index (χ1v) is 6.58. The second kappa shape index (κ2) is 6.09. The van der Waals surface area contributed by atoms with E-state index in [0.717, 1.165) is 17.3 Å². The van der Waals surface area contributed by atoms with Gasteiger partial charge in [-0.3, -0.25) is 0 Å². The molecule has 100 valence electrons. The van der Waals surface area contributed by atoms with Crippen LogP contribution < -0.4 is 10.6 Å². The summed E-state index contributed by atoms with van der Waals surface area (Å²) in [4.78, 5) is 11.7. The van der Waals surface area contributed by atoms with Gasteiger partial charge in [0.15, 0.2) is 0 Å². The minimum absolute atomic E-state index is 0.233. The van der Waals surface area contributed by atoms with Crippen LogP contribution >= 0.6 is 12.2 Å². The highest BCUT2D eigenvalue weighted by Gasteiger charge is 2.14. The average molecular weight is 266 g/mol. The summed E-state index contributed by atoms with van der Waals surface area (Å²) in [6.07, 6.45) is 0.686. The summed E-state index contributed by atoms with van der Waals surface area (Å²) in [5.41, 5.74) is 6.57. The molecule has 1 unspecified atom stereocenters. The first-order valence-electron chi connectivity index (χ1n) is 6.18. The summed E-state index contributed by atoms with van der Waals surface area (Å²) < 4.78 is 0. The smallest absolute Gasteiger partial charge is 0.133 e. The molecular formula is C13H22N4S. The molecule has 0 amide bonds. The first kappa shape index (κ1) is 14.8. The number of aromatic nitrogens is 2. The van der Waals surface area contributed by atoms with Crippen LogP contribution in [0.2, 0.25) is 0 Å². The molecule has 1 atom stereocenters. The molecule has 1 heterocycles. The van der Waals surface area contributed by atoms with Gasteiger partial charge in [0, 0.05) is 37.2 Å². The lowest BCUT2D eigenvalue weighted by molar-refractivity contribution is 0.689. The Morgan fingerprint density at radius 1 is 1.39 bits per heavy atom. The molecular weight excluding hydrogens is 244 g/mol. The minimum Gasteiger partial charge on any atom is -0.393 e. The van der Waals surface area contributed by atoms with Crippen LogP contribution in [-0.2, 0) is 0 Å². The van der Waals surface area contributed by atoms with Gasteiger partial charge < -0.3 is 10.6 Å². The SMILES string of the molecule is Cc1cc(N(C)C(C)CC(N)=S)nc(C(C)C)n1. The van der Waals surface area contributed by atoms with E-state index < -0.39 is 0 Å². The highest BCUT2D eigenvalue weighted by Crippen LogP contribution is 2.18. The van der Waals surface area contributed by atoms with Crippen LogP contribution in [0.4, 0.5) is 5.82 Å². The van der Waals surface area contributed by atoms with Gasteiger partial charge in [0.1, 0.15) is 11.6 Å². The predicted molar refractivity (Wildman–Crippen MR) is 80.1 cm³/mol. The summed E-state index contributed by atoms with van der Waals surface area (Å²) in [6.45, 7) is 8.27. The van der Waals surface area contributed by atoms with E-state index >= 15 is 0 Å². The molecule has 4 nitrogen and oxygen atoms in total. The molecule has 1 rings (SSSR count). The largest absolute Gasteiger partial charge is 0.393 e. The summed E-state index contributed by atoms with van der Waals surface area (Å²) in [5, 5.41) is 0. The zero-order chi connectivity index (χ0) is 13.9. The van der Waals surface area contributed by atoms with Crippen molar-refractivity contribution >= 4 is 23.0 Å². The van der Waals surface area contributed by atoms with Crippen LogP contribution in [0.5, 0.6) is 0 Å². The quantitative estimate of drug-likeness (QED) is 0.829. The molecule has 1 aromatic rings. The van der Waals surface area contributed by atoms with Crippen LogP contribution in [0.15, 0.2) is 6.07 Å². The highest BCUT2D eigenvalue weighted by atomic mass is 32.1. The fourth-order valence-corrected chi connectivity index (χ4v) is 1.91. The van der Waals surface area contributed by atoms with Crippen molar-refractivity contribution in [2.24, 2.45) is 5.73 Å². The fourth-order valence-electron chi connectivity index (χ4n) is 1.67. The Kier molecular flexibility index (Phi) is 5.02. The standard InChI is InChI=1S/C13H22N4S/c1-8(2)13-15-9(3)6-12(16-13)17(5)10(4)7-11(14)18/h6,8,10H,7H2,1-5H3,(H2,14,18). The lowest BCUT2D eigenvalue weighted by Crippen LogP contribution is -2.33. The summed E-state index contributed by atoms with van der Waals surface area (Å²) in [5.74, 6) is 2.12. The Morgan fingerprint density at radius 2 is 2.00 bits per heavy atom. The Bertz CT molecular complexity index is 431. The first-order chi connectivity index (χ1) is 8.31. The van der Waals surface area contributed by atoms with Gasteiger partial charge in [-0.15, -0.1) is 0 Å². The van der Waals surface area contributed by atoms with Crippen LogP contribution in [0.1, 0.15) is 44.6 Å². The fraction of sp³-hybridized carbons (Fsp3) is 0.615. The van der Waals surface area contributed by atoms with Crippen molar-refractivity contribution in [3.8, 4) is 0 Å². The van der Waals surface area contributed by atoms with Crippen LogP contribution in [0.3, 0.4) is 0 Å². The van der Waals surface area contributed by atoms with E-state index in [9.17, 15) is 0 Å². The van der Waals surface area contributed by atoms with E-state index in [4.69, 9.17) is 18.0 Å². The van der Waals surface area contributed by atoms with E-state index in [1.54, 1.807) is 0 Å². The number of thiocarbonyl (C=S) groups is 1. The Morgan fingerprint density at radius 3 is 2.50 bits per heavy atom. The second-order valence-corrected chi connectivity index (χ2v) is 5.54. The van der Waals surface area contributed by atoms with Crippen molar-refractivity contribution < 1.29 is 0 Å². The van der Waals surface area contributed by atoms with E-state index in [2.05, 4.69) is 35.6 Å². The molecule has 0 spiro atoms. The number of nitrogens with zero attached hydrogens (tertiary/aromatic N) is 3. The molecule has 18 heavy (non-hydrogen) atoms. The maximum atomic E-state index is 5.59. The zero-order valence-electron chi connectivity index (χ0n) is 11.8. The number of hydrogen-bond donors (Lipinski definition) is 1. The molecule has 0 aliphatic heterocycles. The third-order valence-corrected chi connectivity index (χ3v) is 3.06. The van der Waals surface area contributed by atoms with Crippen molar-refractivity contribution in [3.63, 3.8) is 0 Å². The lowest BCUT2D eigenvalue weighted by Gasteiger charge is -2.26. The van der Waals surface area contributed by atoms with Crippen LogP contribution in [0.25, 0.3) is 0 Å². The summed E-state index contributed by atoms with van der Waals surface area (Å²) in [7, 11) is 2.01. The molecule has 0 aliphatic rings. The average Bonchev–Trinajstić information content (AvgIpc) is 2.26. The summed E-state index contributed by atoms with van der Waals surface area (Å²) >= 11 is 4.95. The number of rotatable bonds is 5. The monoisotopic (exact) mass is 266 g/mol. The molecule has 0 bridgehead atoms. The molecule has 0 saturated heterocycles. The van der Waals surface area contributed by atoms with Crippen molar-refractivity contribution in [2.45, 2.75) is 46.1 Å². The third-order valence-electron chi connectivity index (χ3n) is 2.89. The molecule has 0 fully saturated rings. The van der Waals surface area contributed by atoms with E-state index in [0.29, 0.717) is 17.3 Å². The predicted octanol–water partition coefficient (Wildman–Crippen LogP) is 2.41. The van der Waals surface area contributed by atoms with E-state index in [-0.39, 0.29) is 6.04 Å². The van der Waals surface area contributed by atoms with Crippen LogP contribution in [0, 0.1) is 6.92 Å². The van der Waals surface area contributed by atoms with Crippen molar-refractivity contribution in [3.05, 3.63) is 17.6 Å². The molecule has 0 aromatic carbocycles. The molecule has 0 saturated carbocycles. The molecule has 0 aliphatic carbocycles. The second-order valence-electron chi connectivity index (χ2n) is 5.01. The van der Waals surface area contributed by atoms with Crippen LogP contribution in [-0.4, -0.2) is 28.0 Å².